The lowest BCUT2D eigenvalue weighted by Gasteiger charge is -1.91. The minimum Gasteiger partial charge on any atom is -0.298 e. The van der Waals surface area contributed by atoms with E-state index in [9.17, 15) is 4.79 Å². The number of aldehydes is 1. The zero-order valence-corrected chi connectivity index (χ0v) is 10.8. The van der Waals surface area contributed by atoms with Crippen LogP contribution in [0.1, 0.15) is 27.0 Å². The standard InChI is InChI=1S/C13H12OS2/c1-3-4-11-7-10(8-14)13(16-11)12-6-5-9(2)15-12/h3-8H,1-2H3. The third kappa shape index (κ3) is 2.15. The van der Waals surface area contributed by atoms with Crippen LogP contribution in [0.4, 0.5) is 0 Å². The molecule has 0 fully saturated rings. The molecule has 0 bridgehead atoms. The molecule has 0 amide bonds. The normalized spacial score (nSPS) is 11.1. The molecule has 0 unspecified atom stereocenters. The van der Waals surface area contributed by atoms with Gasteiger partial charge in [0.15, 0.2) is 6.29 Å². The minimum absolute atomic E-state index is 0.792. The van der Waals surface area contributed by atoms with Crippen molar-refractivity contribution in [3.05, 3.63) is 39.6 Å². The molecule has 0 spiro atoms. The third-order valence-corrected chi connectivity index (χ3v) is 4.50. The summed E-state index contributed by atoms with van der Waals surface area (Å²) in [6, 6.07) is 6.12. The van der Waals surface area contributed by atoms with Crippen molar-refractivity contribution in [2.45, 2.75) is 13.8 Å². The first kappa shape index (κ1) is 11.3. The zero-order valence-electron chi connectivity index (χ0n) is 9.19. The summed E-state index contributed by atoms with van der Waals surface area (Å²) in [5.41, 5.74) is 0.792. The molecule has 2 rings (SSSR count). The highest BCUT2D eigenvalue weighted by Crippen LogP contribution is 2.36. The maximum Gasteiger partial charge on any atom is 0.151 e. The quantitative estimate of drug-likeness (QED) is 0.724. The summed E-state index contributed by atoms with van der Waals surface area (Å²) in [5.74, 6) is 0. The molecular weight excluding hydrogens is 236 g/mol. The van der Waals surface area contributed by atoms with Gasteiger partial charge < -0.3 is 0 Å². The van der Waals surface area contributed by atoms with E-state index < -0.39 is 0 Å². The van der Waals surface area contributed by atoms with Gasteiger partial charge >= 0.3 is 0 Å². The summed E-state index contributed by atoms with van der Waals surface area (Å²) >= 11 is 3.40. The Morgan fingerprint density at radius 3 is 2.62 bits per heavy atom. The molecule has 0 aliphatic carbocycles. The Morgan fingerprint density at radius 1 is 1.25 bits per heavy atom. The number of allylic oxidation sites excluding steroid dienone is 1. The van der Waals surface area contributed by atoms with Crippen molar-refractivity contribution >= 4 is 35.0 Å². The van der Waals surface area contributed by atoms with Crippen LogP contribution in [0.15, 0.2) is 24.3 Å². The number of hydrogen-bond donors (Lipinski definition) is 0. The number of hydrogen-bond acceptors (Lipinski definition) is 3. The van der Waals surface area contributed by atoms with Crippen molar-refractivity contribution in [1.29, 1.82) is 0 Å². The Hall–Kier alpha value is -1.19. The first-order valence-corrected chi connectivity index (χ1v) is 6.66. The monoisotopic (exact) mass is 248 g/mol. The largest absolute Gasteiger partial charge is 0.298 e. The van der Waals surface area contributed by atoms with E-state index in [0.717, 1.165) is 21.6 Å². The summed E-state index contributed by atoms with van der Waals surface area (Å²) in [6.45, 7) is 4.06. The van der Waals surface area contributed by atoms with E-state index in [4.69, 9.17) is 0 Å². The number of carbonyl (C=O) groups is 1. The van der Waals surface area contributed by atoms with Crippen LogP contribution >= 0.6 is 22.7 Å². The predicted molar refractivity (Wildman–Crippen MR) is 72.5 cm³/mol. The Kier molecular flexibility index (Phi) is 3.36. The average Bonchev–Trinajstić information content (AvgIpc) is 2.84. The molecule has 16 heavy (non-hydrogen) atoms. The predicted octanol–water partition coefficient (Wildman–Crippen LogP) is 4.63. The van der Waals surface area contributed by atoms with E-state index >= 15 is 0 Å². The first-order valence-electron chi connectivity index (χ1n) is 5.03. The molecule has 0 aliphatic heterocycles. The number of carbonyl (C=O) groups excluding carboxylic acids is 1. The van der Waals surface area contributed by atoms with Crippen molar-refractivity contribution < 1.29 is 4.79 Å². The fourth-order valence-corrected chi connectivity index (χ4v) is 3.61. The van der Waals surface area contributed by atoms with Gasteiger partial charge in [-0.3, -0.25) is 4.79 Å². The van der Waals surface area contributed by atoms with Gasteiger partial charge in [-0.25, -0.2) is 0 Å². The molecule has 3 heteroatoms. The van der Waals surface area contributed by atoms with E-state index in [-0.39, 0.29) is 0 Å². The maximum absolute atomic E-state index is 11.0. The van der Waals surface area contributed by atoms with Gasteiger partial charge in [0.1, 0.15) is 0 Å². The molecule has 1 nitrogen and oxygen atoms in total. The van der Waals surface area contributed by atoms with Crippen LogP contribution in [0, 0.1) is 6.92 Å². The van der Waals surface area contributed by atoms with E-state index in [1.807, 2.05) is 25.1 Å². The lowest BCUT2D eigenvalue weighted by Crippen LogP contribution is -1.75. The number of thiophene rings is 2. The van der Waals surface area contributed by atoms with E-state index in [1.54, 1.807) is 22.7 Å². The first-order chi connectivity index (χ1) is 7.74. The third-order valence-electron chi connectivity index (χ3n) is 2.20. The second-order valence-corrected chi connectivity index (χ2v) is 5.83. The minimum atomic E-state index is 0.792. The summed E-state index contributed by atoms with van der Waals surface area (Å²) < 4.78 is 0. The van der Waals surface area contributed by atoms with Crippen molar-refractivity contribution in [2.24, 2.45) is 0 Å². The number of aryl methyl sites for hydroxylation is 1. The van der Waals surface area contributed by atoms with Crippen LogP contribution < -0.4 is 0 Å². The second-order valence-electron chi connectivity index (χ2n) is 3.46. The van der Waals surface area contributed by atoms with E-state index in [1.165, 1.54) is 9.75 Å². The second kappa shape index (κ2) is 4.76. The van der Waals surface area contributed by atoms with Crippen molar-refractivity contribution in [3.8, 4) is 9.75 Å². The van der Waals surface area contributed by atoms with Gasteiger partial charge in [-0.15, -0.1) is 22.7 Å². The highest BCUT2D eigenvalue weighted by atomic mass is 32.1. The van der Waals surface area contributed by atoms with Gasteiger partial charge in [0.25, 0.3) is 0 Å². The van der Waals surface area contributed by atoms with E-state index in [0.29, 0.717) is 0 Å². The molecule has 0 saturated carbocycles. The molecule has 2 aromatic rings. The van der Waals surface area contributed by atoms with Gasteiger partial charge in [0.05, 0.1) is 4.88 Å². The van der Waals surface area contributed by atoms with Crippen LogP contribution in [0.5, 0.6) is 0 Å². The van der Waals surface area contributed by atoms with Crippen molar-refractivity contribution in [2.75, 3.05) is 0 Å². The molecular formula is C13H12OS2. The molecule has 2 heterocycles. The van der Waals surface area contributed by atoms with Crippen LogP contribution in [0.3, 0.4) is 0 Å². The smallest absolute Gasteiger partial charge is 0.151 e. The SMILES string of the molecule is CC=Cc1cc(C=O)c(-c2ccc(C)s2)s1. The Balaban J connectivity index is 2.50. The topological polar surface area (TPSA) is 17.1 Å². The lowest BCUT2D eigenvalue weighted by atomic mass is 10.2. The lowest BCUT2D eigenvalue weighted by molar-refractivity contribution is 0.112. The van der Waals surface area contributed by atoms with Crippen LogP contribution in [0.25, 0.3) is 15.8 Å². The average molecular weight is 248 g/mol. The highest BCUT2D eigenvalue weighted by Gasteiger charge is 2.10. The Morgan fingerprint density at radius 2 is 2.06 bits per heavy atom. The van der Waals surface area contributed by atoms with Crippen LogP contribution in [0.2, 0.25) is 0 Å². The molecule has 0 N–H and O–H groups in total. The van der Waals surface area contributed by atoms with Crippen LogP contribution in [-0.4, -0.2) is 6.29 Å². The fourth-order valence-electron chi connectivity index (χ4n) is 1.51. The van der Waals surface area contributed by atoms with Gasteiger partial charge in [0, 0.05) is 20.2 Å². The van der Waals surface area contributed by atoms with Crippen LogP contribution in [-0.2, 0) is 0 Å². The summed E-state index contributed by atoms with van der Waals surface area (Å²) in [4.78, 5) is 15.7. The molecule has 2 aromatic heterocycles. The van der Waals surface area contributed by atoms with Gasteiger partial charge in [0.2, 0.25) is 0 Å². The Labute approximate surface area is 103 Å². The zero-order chi connectivity index (χ0) is 11.5. The molecule has 0 aromatic carbocycles. The van der Waals surface area contributed by atoms with Crippen molar-refractivity contribution in [1.82, 2.24) is 0 Å². The summed E-state index contributed by atoms with van der Waals surface area (Å²) in [5, 5.41) is 0. The fraction of sp³-hybridized carbons (Fsp3) is 0.154. The maximum atomic E-state index is 11.0. The highest BCUT2D eigenvalue weighted by molar-refractivity contribution is 7.22. The number of rotatable bonds is 3. The molecule has 82 valence electrons. The summed E-state index contributed by atoms with van der Waals surface area (Å²) in [6.07, 6.45) is 4.96. The Bertz CT molecular complexity index is 532. The molecule has 0 aliphatic rings. The molecule has 0 saturated heterocycles. The molecule has 0 atom stereocenters. The van der Waals surface area contributed by atoms with Gasteiger partial charge in [-0.05, 0) is 38.1 Å². The van der Waals surface area contributed by atoms with E-state index in [2.05, 4.69) is 19.1 Å². The van der Waals surface area contributed by atoms with Gasteiger partial charge in [-0.2, -0.15) is 0 Å². The van der Waals surface area contributed by atoms with Crippen molar-refractivity contribution in [3.63, 3.8) is 0 Å². The summed E-state index contributed by atoms with van der Waals surface area (Å²) in [7, 11) is 0. The van der Waals surface area contributed by atoms with Gasteiger partial charge in [-0.1, -0.05) is 6.08 Å². The molecule has 0 radical (unpaired) electrons.